The van der Waals surface area contributed by atoms with Gasteiger partial charge in [-0.2, -0.15) is 28.1 Å². The minimum absolute atomic E-state index is 0.0919. The highest BCUT2D eigenvalue weighted by atomic mass is 35.5. The van der Waals surface area contributed by atoms with Gasteiger partial charge in [-0.15, -0.1) is 0 Å². The van der Waals surface area contributed by atoms with Crippen LogP contribution in [-0.2, 0) is 0 Å². The lowest BCUT2D eigenvalue weighted by Gasteiger charge is -2.22. The molecule has 0 amide bonds. The number of anilines is 2. The van der Waals surface area contributed by atoms with Crippen LogP contribution in [0.5, 0.6) is 0 Å². The Hall–Kier alpha value is -1.31. The highest BCUT2D eigenvalue weighted by Gasteiger charge is 2.31. The van der Waals surface area contributed by atoms with E-state index in [1.807, 2.05) is 6.92 Å². The number of hydrogen-bond acceptors (Lipinski definition) is 5. The fourth-order valence-corrected chi connectivity index (χ4v) is 1.41. The van der Waals surface area contributed by atoms with Gasteiger partial charge in [0.2, 0.25) is 17.2 Å². The van der Waals surface area contributed by atoms with Crippen LogP contribution >= 0.6 is 11.6 Å². The molecule has 1 heterocycles. The summed E-state index contributed by atoms with van der Waals surface area (Å²) < 4.78 is 37.1. The van der Waals surface area contributed by atoms with Crippen LogP contribution in [0.25, 0.3) is 0 Å². The summed E-state index contributed by atoms with van der Waals surface area (Å²) in [5.41, 5.74) is 0. The van der Waals surface area contributed by atoms with Crippen molar-refractivity contribution in [2.24, 2.45) is 0 Å². The first-order valence-corrected chi connectivity index (χ1v) is 5.70. The second-order valence-corrected chi connectivity index (χ2v) is 3.73. The minimum Gasteiger partial charge on any atom is -0.354 e. The first-order chi connectivity index (χ1) is 8.35. The van der Waals surface area contributed by atoms with Crippen molar-refractivity contribution in [2.75, 3.05) is 29.9 Å². The third-order valence-corrected chi connectivity index (χ3v) is 2.13. The zero-order valence-electron chi connectivity index (χ0n) is 9.92. The topological polar surface area (TPSA) is 53.9 Å². The molecule has 0 aliphatic rings. The third kappa shape index (κ3) is 4.52. The van der Waals surface area contributed by atoms with Gasteiger partial charge >= 0.3 is 6.18 Å². The number of alkyl halides is 3. The van der Waals surface area contributed by atoms with Crippen LogP contribution in [0.2, 0.25) is 5.28 Å². The number of halogens is 4. The van der Waals surface area contributed by atoms with E-state index in [9.17, 15) is 13.2 Å². The average molecular weight is 284 g/mol. The van der Waals surface area contributed by atoms with Gasteiger partial charge in [-0.1, -0.05) is 0 Å². The van der Waals surface area contributed by atoms with E-state index in [1.54, 1.807) is 6.92 Å². The highest BCUT2D eigenvalue weighted by Crippen LogP contribution is 2.20. The molecule has 0 fully saturated rings. The van der Waals surface area contributed by atoms with E-state index in [2.05, 4.69) is 20.3 Å². The second-order valence-electron chi connectivity index (χ2n) is 3.39. The van der Waals surface area contributed by atoms with Crippen molar-refractivity contribution in [1.82, 2.24) is 15.0 Å². The van der Waals surface area contributed by atoms with Crippen molar-refractivity contribution < 1.29 is 13.2 Å². The predicted molar refractivity (Wildman–Crippen MR) is 62.9 cm³/mol. The van der Waals surface area contributed by atoms with Gasteiger partial charge in [-0.3, -0.25) is 0 Å². The zero-order chi connectivity index (χ0) is 13.8. The van der Waals surface area contributed by atoms with Crippen LogP contribution in [0.3, 0.4) is 0 Å². The van der Waals surface area contributed by atoms with Crippen molar-refractivity contribution in [3.63, 3.8) is 0 Å². The molecule has 1 aromatic heterocycles. The van der Waals surface area contributed by atoms with Crippen molar-refractivity contribution in [2.45, 2.75) is 20.0 Å². The van der Waals surface area contributed by atoms with Gasteiger partial charge in [0.05, 0.1) is 0 Å². The largest absolute Gasteiger partial charge is 0.406 e. The first-order valence-electron chi connectivity index (χ1n) is 5.32. The molecular formula is C9H13ClF3N5. The van der Waals surface area contributed by atoms with Crippen LogP contribution < -0.4 is 10.2 Å². The van der Waals surface area contributed by atoms with Crippen molar-refractivity contribution in [3.05, 3.63) is 5.28 Å². The molecule has 1 N–H and O–H groups in total. The normalized spacial score (nSPS) is 11.4. The molecule has 18 heavy (non-hydrogen) atoms. The van der Waals surface area contributed by atoms with Gasteiger partial charge in [0, 0.05) is 13.1 Å². The zero-order valence-corrected chi connectivity index (χ0v) is 10.7. The van der Waals surface area contributed by atoms with E-state index in [-0.39, 0.29) is 23.7 Å². The fraction of sp³-hybridized carbons (Fsp3) is 0.667. The average Bonchev–Trinajstić information content (AvgIpc) is 2.24. The molecule has 0 spiro atoms. The maximum atomic E-state index is 12.4. The van der Waals surface area contributed by atoms with E-state index in [1.165, 1.54) is 0 Å². The number of aromatic nitrogens is 3. The monoisotopic (exact) mass is 283 g/mol. The fourth-order valence-electron chi connectivity index (χ4n) is 1.26. The Bertz CT molecular complexity index is 398. The lowest BCUT2D eigenvalue weighted by Crippen LogP contribution is -2.35. The molecule has 0 saturated carbocycles. The quantitative estimate of drug-likeness (QED) is 0.899. The number of rotatable bonds is 5. The summed E-state index contributed by atoms with van der Waals surface area (Å²) in [5, 5.41) is 2.63. The predicted octanol–water partition coefficient (Wildman–Crippen LogP) is 2.35. The van der Waals surface area contributed by atoms with Crippen LogP contribution in [0.15, 0.2) is 0 Å². The SMILES string of the molecule is CCNc1nc(Cl)nc(N(CC)CC(F)(F)F)n1. The molecule has 5 nitrogen and oxygen atoms in total. The summed E-state index contributed by atoms with van der Waals surface area (Å²) in [6.07, 6.45) is -4.33. The molecule has 0 atom stereocenters. The Kier molecular flexibility index (Phi) is 4.94. The summed E-state index contributed by atoms with van der Waals surface area (Å²) in [6.45, 7) is 2.91. The van der Waals surface area contributed by atoms with E-state index in [4.69, 9.17) is 11.6 Å². The number of hydrogen-bond donors (Lipinski definition) is 1. The Morgan fingerprint density at radius 1 is 1.22 bits per heavy atom. The molecule has 0 aromatic carbocycles. The molecule has 0 aliphatic heterocycles. The lowest BCUT2D eigenvalue weighted by molar-refractivity contribution is -0.119. The van der Waals surface area contributed by atoms with E-state index in [0.29, 0.717) is 6.54 Å². The molecule has 0 radical (unpaired) electrons. The third-order valence-electron chi connectivity index (χ3n) is 1.97. The molecule has 0 saturated heterocycles. The van der Waals surface area contributed by atoms with Gasteiger partial charge in [0.15, 0.2) is 0 Å². The van der Waals surface area contributed by atoms with Crippen LogP contribution in [0.1, 0.15) is 13.8 Å². The van der Waals surface area contributed by atoms with Gasteiger partial charge in [-0.05, 0) is 25.4 Å². The van der Waals surface area contributed by atoms with Crippen molar-refractivity contribution >= 4 is 23.5 Å². The highest BCUT2D eigenvalue weighted by molar-refractivity contribution is 6.28. The molecule has 0 bridgehead atoms. The Morgan fingerprint density at radius 2 is 1.89 bits per heavy atom. The summed E-state index contributed by atoms with van der Waals surface area (Å²) in [7, 11) is 0. The lowest BCUT2D eigenvalue weighted by atomic mass is 10.5. The second kappa shape index (κ2) is 6.03. The summed E-state index contributed by atoms with van der Waals surface area (Å²) in [4.78, 5) is 12.3. The van der Waals surface area contributed by atoms with E-state index < -0.39 is 12.7 Å². The van der Waals surface area contributed by atoms with E-state index >= 15 is 0 Å². The number of nitrogens with one attached hydrogen (secondary N) is 1. The molecule has 0 aliphatic carbocycles. The maximum Gasteiger partial charge on any atom is 0.406 e. The molecule has 1 rings (SSSR count). The maximum absolute atomic E-state index is 12.4. The van der Waals surface area contributed by atoms with Crippen molar-refractivity contribution in [1.29, 1.82) is 0 Å². The summed E-state index contributed by atoms with van der Waals surface area (Å²) in [6, 6.07) is 0. The van der Waals surface area contributed by atoms with Crippen LogP contribution in [-0.4, -0.2) is 40.8 Å². The summed E-state index contributed by atoms with van der Waals surface area (Å²) >= 11 is 5.65. The summed E-state index contributed by atoms with van der Waals surface area (Å²) in [5.74, 6) is 0.0684. The van der Waals surface area contributed by atoms with Gasteiger partial charge in [-0.25, -0.2) is 0 Å². The van der Waals surface area contributed by atoms with Crippen LogP contribution in [0, 0.1) is 0 Å². The molecule has 102 valence electrons. The van der Waals surface area contributed by atoms with Crippen LogP contribution in [0.4, 0.5) is 25.1 Å². The minimum atomic E-state index is -4.33. The molecular weight excluding hydrogens is 271 g/mol. The Balaban J connectivity index is 2.98. The standard InChI is InChI=1S/C9H13ClF3N5/c1-3-14-7-15-6(10)16-8(17-7)18(4-2)5-9(11,12)13/h3-5H2,1-2H3,(H,14,15,16,17). The van der Waals surface area contributed by atoms with E-state index in [0.717, 1.165) is 4.90 Å². The molecule has 9 heteroatoms. The van der Waals surface area contributed by atoms with Crippen molar-refractivity contribution in [3.8, 4) is 0 Å². The first kappa shape index (κ1) is 14.7. The van der Waals surface area contributed by atoms with Gasteiger partial charge < -0.3 is 10.2 Å². The smallest absolute Gasteiger partial charge is 0.354 e. The molecule has 1 aromatic rings. The Labute approximate surface area is 107 Å². The molecule has 0 unspecified atom stereocenters. The number of nitrogens with zero attached hydrogens (tertiary/aromatic N) is 4. The van der Waals surface area contributed by atoms with Gasteiger partial charge in [0.25, 0.3) is 0 Å². The Morgan fingerprint density at radius 3 is 2.39 bits per heavy atom. The van der Waals surface area contributed by atoms with Gasteiger partial charge in [0.1, 0.15) is 6.54 Å².